The number of hydrogen-bond donors (Lipinski definition) is 3. The average molecular weight is 360 g/mol. The van der Waals surface area contributed by atoms with Crippen LogP contribution in [0.2, 0.25) is 0 Å². The van der Waals surface area contributed by atoms with Crippen molar-refractivity contribution in [2.45, 2.75) is 70.5 Å². The van der Waals surface area contributed by atoms with Gasteiger partial charge in [0.05, 0.1) is 12.2 Å². The standard InChI is InChI=1S/C21H28O5/c1-3-4-7-14(2)18(22)11-10-16-17-12-15(8-5-6-9-21(24)25)26-20(17)13-19(16)23/h10-12,14,16,18-19,22-23H,5-9,13H2,1-2H3,(H,24,25)/t14?,16-,18+,19-/m1/s1. The molecule has 1 aromatic heterocycles. The van der Waals surface area contributed by atoms with Gasteiger partial charge in [0.2, 0.25) is 0 Å². The van der Waals surface area contributed by atoms with Crippen LogP contribution in [0.5, 0.6) is 0 Å². The van der Waals surface area contributed by atoms with Crippen molar-refractivity contribution in [1.29, 1.82) is 0 Å². The van der Waals surface area contributed by atoms with Crippen molar-refractivity contribution in [3.63, 3.8) is 0 Å². The highest BCUT2D eigenvalue weighted by Crippen LogP contribution is 2.37. The van der Waals surface area contributed by atoms with E-state index in [2.05, 4.69) is 11.8 Å². The van der Waals surface area contributed by atoms with E-state index in [-0.39, 0.29) is 18.3 Å². The molecule has 4 atom stereocenters. The molecule has 0 amide bonds. The van der Waals surface area contributed by atoms with Crippen molar-refractivity contribution in [3.8, 4) is 11.8 Å². The molecular weight excluding hydrogens is 332 g/mol. The lowest BCUT2D eigenvalue weighted by atomic mass is 9.96. The van der Waals surface area contributed by atoms with Gasteiger partial charge in [0.1, 0.15) is 11.5 Å². The second-order valence-electron chi connectivity index (χ2n) is 6.97. The number of aryl methyl sites for hydroxylation is 1. The summed E-state index contributed by atoms with van der Waals surface area (Å²) in [5, 5.41) is 29.2. The van der Waals surface area contributed by atoms with E-state index < -0.39 is 18.2 Å². The summed E-state index contributed by atoms with van der Waals surface area (Å²) < 4.78 is 5.82. The second-order valence-corrected chi connectivity index (χ2v) is 6.97. The fraction of sp³-hybridized carbons (Fsp3) is 0.571. The van der Waals surface area contributed by atoms with Crippen LogP contribution in [0, 0.1) is 17.8 Å². The summed E-state index contributed by atoms with van der Waals surface area (Å²) >= 11 is 0. The number of aliphatic hydroxyl groups excluding tert-OH is 2. The molecule has 142 valence electrons. The monoisotopic (exact) mass is 360 g/mol. The van der Waals surface area contributed by atoms with Crippen molar-refractivity contribution >= 4 is 5.97 Å². The van der Waals surface area contributed by atoms with Gasteiger partial charge in [-0.25, -0.2) is 0 Å². The minimum absolute atomic E-state index is 0.0332. The summed E-state index contributed by atoms with van der Waals surface area (Å²) in [6.45, 7) is 3.73. The first-order chi connectivity index (χ1) is 12.4. The number of furan rings is 1. The second kappa shape index (κ2) is 9.61. The van der Waals surface area contributed by atoms with E-state index >= 15 is 0 Å². The minimum atomic E-state index is -0.780. The van der Waals surface area contributed by atoms with E-state index in [1.54, 1.807) is 13.0 Å². The number of carbonyl (C=O) groups is 1. The molecule has 0 aromatic carbocycles. The molecule has 0 saturated heterocycles. The first-order valence-electron chi connectivity index (χ1n) is 9.19. The van der Waals surface area contributed by atoms with Crippen LogP contribution in [-0.4, -0.2) is 33.5 Å². The Bertz CT molecular complexity index is 691. The van der Waals surface area contributed by atoms with Crippen molar-refractivity contribution in [3.05, 3.63) is 35.3 Å². The summed E-state index contributed by atoms with van der Waals surface area (Å²) in [5.74, 6) is 6.50. The maximum Gasteiger partial charge on any atom is 0.303 e. The van der Waals surface area contributed by atoms with E-state index in [0.717, 1.165) is 23.5 Å². The summed E-state index contributed by atoms with van der Waals surface area (Å²) in [6.07, 6.45) is 5.80. The maximum absolute atomic E-state index is 10.5. The van der Waals surface area contributed by atoms with Crippen molar-refractivity contribution in [2.24, 2.45) is 5.92 Å². The predicted octanol–water partition coefficient (Wildman–Crippen LogP) is 3.04. The topological polar surface area (TPSA) is 90.9 Å². The highest BCUT2D eigenvalue weighted by molar-refractivity contribution is 5.66. The molecule has 26 heavy (non-hydrogen) atoms. The third kappa shape index (κ3) is 5.48. The normalized spacial score (nSPS) is 21.2. The molecule has 1 heterocycles. The van der Waals surface area contributed by atoms with E-state index in [1.807, 2.05) is 19.1 Å². The molecule has 1 aliphatic carbocycles. The number of rotatable bonds is 9. The Morgan fingerprint density at radius 2 is 2.23 bits per heavy atom. The maximum atomic E-state index is 10.5. The van der Waals surface area contributed by atoms with E-state index in [1.165, 1.54) is 0 Å². The first-order valence-corrected chi connectivity index (χ1v) is 9.19. The largest absolute Gasteiger partial charge is 0.481 e. The Morgan fingerprint density at radius 3 is 2.92 bits per heavy atom. The van der Waals surface area contributed by atoms with Crippen molar-refractivity contribution in [2.75, 3.05) is 0 Å². The van der Waals surface area contributed by atoms with Gasteiger partial charge >= 0.3 is 5.97 Å². The number of unbranched alkanes of at least 4 members (excludes halogenated alkanes) is 1. The van der Waals surface area contributed by atoms with Crippen LogP contribution >= 0.6 is 0 Å². The van der Waals surface area contributed by atoms with Gasteiger partial charge in [-0.05, 0) is 31.7 Å². The molecule has 0 aliphatic heterocycles. The smallest absolute Gasteiger partial charge is 0.303 e. The highest BCUT2D eigenvalue weighted by Gasteiger charge is 2.33. The predicted molar refractivity (Wildman–Crippen MR) is 98.7 cm³/mol. The molecule has 5 heteroatoms. The highest BCUT2D eigenvalue weighted by atomic mass is 16.4. The fourth-order valence-corrected chi connectivity index (χ4v) is 3.20. The molecule has 0 spiro atoms. The van der Waals surface area contributed by atoms with Crippen LogP contribution in [-0.2, 0) is 17.6 Å². The molecule has 5 nitrogen and oxygen atoms in total. The van der Waals surface area contributed by atoms with Crippen LogP contribution in [0.15, 0.2) is 22.6 Å². The number of aliphatic carboxylic acids is 1. The van der Waals surface area contributed by atoms with Gasteiger partial charge in [-0.15, -0.1) is 11.8 Å². The van der Waals surface area contributed by atoms with Gasteiger partial charge in [-0.2, -0.15) is 0 Å². The van der Waals surface area contributed by atoms with Gasteiger partial charge in [0.25, 0.3) is 0 Å². The molecule has 3 N–H and O–H groups in total. The third-order valence-corrected chi connectivity index (χ3v) is 4.82. The number of aliphatic hydroxyl groups is 2. The molecule has 0 fully saturated rings. The number of fused-ring (bicyclic) bond motifs is 1. The zero-order valence-corrected chi connectivity index (χ0v) is 15.4. The summed E-state index contributed by atoms with van der Waals surface area (Å²) in [7, 11) is 0. The third-order valence-electron chi connectivity index (χ3n) is 4.82. The Hall–Kier alpha value is -2.03. The molecule has 0 bridgehead atoms. The number of hydrogen-bond acceptors (Lipinski definition) is 4. The average Bonchev–Trinajstić information content (AvgIpc) is 3.10. The summed E-state index contributed by atoms with van der Waals surface area (Å²) in [6, 6.07) is 1.96. The number of carboxylic acid groups (broad SMARTS) is 1. The van der Waals surface area contributed by atoms with E-state index in [0.29, 0.717) is 25.7 Å². The molecule has 0 radical (unpaired) electrons. The molecule has 2 rings (SSSR count). The lowest BCUT2D eigenvalue weighted by Crippen LogP contribution is -2.16. The Kier molecular flexibility index (Phi) is 7.50. The Balaban J connectivity index is 1.96. The van der Waals surface area contributed by atoms with Crippen LogP contribution in [0.3, 0.4) is 0 Å². The van der Waals surface area contributed by atoms with Crippen LogP contribution < -0.4 is 0 Å². The van der Waals surface area contributed by atoms with Gasteiger partial charge in [0.15, 0.2) is 0 Å². The SMILES string of the molecule is CC#CCC(C)[C@@H](O)C=C[C@@H]1c2cc(CCCCC(=O)O)oc2C[C@H]1O. The van der Waals surface area contributed by atoms with Crippen molar-refractivity contribution < 1.29 is 24.5 Å². The fourth-order valence-electron chi connectivity index (χ4n) is 3.20. The van der Waals surface area contributed by atoms with Gasteiger partial charge in [-0.1, -0.05) is 19.1 Å². The number of carboxylic acids is 1. The van der Waals surface area contributed by atoms with Gasteiger partial charge < -0.3 is 19.7 Å². The zero-order valence-electron chi connectivity index (χ0n) is 15.4. The van der Waals surface area contributed by atoms with E-state index in [9.17, 15) is 15.0 Å². The first kappa shape index (κ1) is 20.3. The van der Waals surface area contributed by atoms with Crippen LogP contribution in [0.4, 0.5) is 0 Å². The molecular formula is C21H28O5. The van der Waals surface area contributed by atoms with Crippen LogP contribution in [0.1, 0.15) is 62.5 Å². The quantitative estimate of drug-likeness (QED) is 0.358. The van der Waals surface area contributed by atoms with Gasteiger partial charge in [-0.3, -0.25) is 4.79 Å². The molecule has 1 unspecified atom stereocenters. The molecule has 0 saturated carbocycles. The molecule has 1 aliphatic rings. The lowest BCUT2D eigenvalue weighted by Gasteiger charge is -2.15. The summed E-state index contributed by atoms with van der Waals surface area (Å²) in [4.78, 5) is 10.5. The minimum Gasteiger partial charge on any atom is -0.481 e. The van der Waals surface area contributed by atoms with Crippen LogP contribution in [0.25, 0.3) is 0 Å². The zero-order chi connectivity index (χ0) is 19.1. The van der Waals surface area contributed by atoms with E-state index in [4.69, 9.17) is 9.52 Å². The lowest BCUT2D eigenvalue weighted by molar-refractivity contribution is -0.137. The molecule has 1 aromatic rings. The van der Waals surface area contributed by atoms with Crippen molar-refractivity contribution in [1.82, 2.24) is 0 Å². The Labute approximate surface area is 154 Å². The Morgan fingerprint density at radius 1 is 1.46 bits per heavy atom. The summed E-state index contributed by atoms with van der Waals surface area (Å²) in [5.41, 5.74) is 0.968. The van der Waals surface area contributed by atoms with Gasteiger partial charge in [0, 0.05) is 37.2 Å².